The molecular weight excluding hydrogens is 857 g/mol. The fourth-order valence-electron chi connectivity index (χ4n) is 6.79. The minimum Gasteiger partial charge on any atom is -0.444 e. The number of carbonyl (C=O) groups is 3. The number of alkyl carbamates (subject to hydrolysis) is 1. The summed E-state index contributed by atoms with van der Waals surface area (Å²) < 4.78 is 5.21. The van der Waals surface area contributed by atoms with E-state index in [4.69, 9.17) is 16.9 Å². The number of ether oxygens (including phenoxy) is 1. The highest BCUT2D eigenvalue weighted by atomic mass is 16.6. The van der Waals surface area contributed by atoms with Gasteiger partial charge in [-0.3, -0.25) is 14.5 Å². The number of benzene rings is 2. The van der Waals surface area contributed by atoms with Gasteiger partial charge < -0.3 is 31.3 Å². The number of hydrogen-bond donors (Lipinski definition) is 4. The highest BCUT2D eigenvalue weighted by Gasteiger charge is 2.27. The number of likely N-dealkylation sites (tertiary alicyclic amines) is 1. The van der Waals surface area contributed by atoms with Crippen LogP contribution in [0, 0.1) is 38.5 Å². The van der Waals surface area contributed by atoms with Gasteiger partial charge in [0, 0.05) is 44.7 Å². The maximum atomic E-state index is 12.5. The number of terminal acetylenes is 2. The summed E-state index contributed by atoms with van der Waals surface area (Å²) in [6.45, 7) is 29.0. The van der Waals surface area contributed by atoms with Gasteiger partial charge in [-0.15, -0.1) is 31.3 Å². The van der Waals surface area contributed by atoms with Crippen molar-refractivity contribution in [2.45, 2.75) is 152 Å². The lowest BCUT2D eigenvalue weighted by molar-refractivity contribution is -0.129. The molecular formula is C59H90N6O4. The number of likely N-dealkylation sites (N-methyl/N-ethyl adjacent to an activating group) is 1. The van der Waals surface area contributed by atoms with E-state index in [1.165, 1.54) is 28.0 Å². The van der Waals surface area contributed by atoms with Crippen LogP contribution in [0.3, 0.4) is 0 Å². The molecule has 2 aliphatic rings. The van der Waals surface area contributed by atoms with E-state index in [2.05, 4.69) is 95.1 Å². The first-order valence-corrected chi connectivity index (χ1v) is 24.4. The minimum absolute atomic E-state index is 0.0512. The molecule has 3 atom stereocenters. The zero-order chi connectivity index (χ0) is 52.8. The van der Waals surface area contributed by atoms with Crippen molar-refractivity contribution in [1.29, 1.82) is 0 Å². The van der Waals surface area contributed by atoms with Crippen LogP contribution in [0.25, 0.3) is 5.57 Å². The van der Waals surface area contributed by atoms with E-state index in [0.29, 0.717) is 19.4 Å². The molecule has 1 saturated heterocycles. The molecule has 380 valence electrons. The Hall–Kier alpha value is -6.07. The Kier molecular flexibility index (Phi) is 36.6. The molecule has 3 amide bonds. The van der Waals surface area contributed by atoms with E-state index in [0.717, 1.165) is 56.3 Å². The summed E-state index contributed by atoms with van der Waals surface area (Å²) in [5.74, 6) is 5.03. The van der Waals surface area contributed by atoms with Crippen LogP contribution in [0.2, 0.25) is 0 Å². The van der Waals surface area contributed by atoms with Crippen molar-refractivity contribution < 1.29 is 19.1 Å². The van der Waals surface area contributed by atoms with E-state index in [9.17, 15) is 14.4 Å². The molecule has 0 bridgehead atoms. The lowest BCUT2D eigenvalue weighted by Crippen LogP contribution is -2.39. The monoisotopic (exact) mass is 947 g/mol. The molecule has 0 aliphatic carbocycles. The fourth-order valence-corrected chi connectivity index (χ4v) is 6.79. The second kappa shape index (κ2) is 38.8. The van der Waals surface area contributed by atoms with Gasteiger partial charge in [-0.25, -0.2) is 4.79 Å². The van der Waals surface area contributed by atoms with Crippen LogP contribution in [-0.2, 0) is 14.3 Å². The van der Waals surface area contributed by atoms with E-state index in [1.54, 1.807) is 24.1 Å². The van der Waals surface area contributed by atoms with Gasteiger partial charge in [0.15, 0.2) is 0 Å². The first kappa shape index (κ1) is 65.0. The summed E-state index contributed by atoms with van der Waals surface area (Å²) in [6, 6.07) is 16.7. The molecule has 10 nitrogen and oxygen atoms in total. The standard InChI is InChI=1S/C28H37N3O.C14H21NO2.C9H16N2O.C3H6.C3H4.C2H6/c1-5-7-12-23(10-6-2)21-28(32)31(4)19-17-25(29)14-9-15-27-26(16-18-30-27)24-13-8-11-22(3)20-24;1-10-7-6-8-12(9-10)11(2)15-13(16)17-14(3,4)5;1-3-6-10-9(12)8-5-4-7-11(8)2;2*1-3-2;1-2/h1,6,8-14,20,25,30H,7,15-19,21,29H2,2-4H3;6-9,11H,1-5H3,(H,15,16);3,6,8H,4-5,7H2,1-2H3,(H,10,12);3H,1H2,2H3;1H,2H3;1-2H3/b10-6-,14-9-,23-12+;;6-3+;;;/t;11-;8-;;;/m.00.../s1. The first-order chi connectivity index (χ1) is 32.8. The average molecular weight is 947 g/mol. The van der Waals surface area contributed by atoms with Gasteiger partial charge in [-0.05, 0) is 137 Å². The Bertz CT molecular complexity index is 2040. The van der Waals surface area contributed by atoms with Gasteiger partial charge in [0.05, 0.1) is 18.5 Å². The Morgan fingerprint density at radius 3 is 2.22 bits per heavy atom. The maximum absolute atomic E-state index is 12.5. The normalized spacial score (nSPS) is 15.0. The smallest absolute Gasteiger partial charge is 0.408 e. The number of nitrogens with zero attached hydrogens (tertiary/aromatic N) is 2. The number of carbonyl (C=O) groups excluding carboxylic acids is 3. The molecule has 0 saturated carbocycles. The molecule has 0 aromatic heterocycles. The number of allylic oxidation sites excluding steroid dienone is 6. The molecule has 2 aromatic carbocycles. The Labute approximate surface area is 420 Å². The van der Waals surface area contributed by atoms with Crippen molar-refractivity contribution in [3.63, 3.8) is 0 Å². The summed E-state index contributed by atoms with van der Waals surface area (Å²) in [5, 5.41) is 9.08. The molecule has 0 radical (unpaired) electrons. The van der Waals surface area contributed by atoms with Crippen LogP contribution >= 0.6 is 0 Å². The van der Waals surface area contributed by atoms with Gasteiger partial charge in [0.1, 0.15) is 5.60 Å². The highest BCUT2D eigenvalue weighted by Crippen LogP contribution is 2.28. The zero-order valence-electron chi connectivity index (χ0n) is 45.0. The first-order valence-electron chi connectivity index (χ1n) is 24.4. The predicted octanol–water partition coefficient (Wildman–Crippen LogP) is 11.9. The molecule has 69 heavy (non-hydrogen) atoms. The Balaban J connectivity index is 0. The summed E-state index contributed by atoms with van der Waals surface area (Å²) in [5.41, 5.74) is 14.3. The summed E-state index contributed by atoms with van der Waals surface area (Å²) in [6.07, 6.45) is 30.4. The van der Waals surface area contributed by atoms with Crippen molar-refractivity contribution >= 4 is 23.5 Å². The third kappa shape index (κ3) is 30.8. The van der Waals surface area contributed by atoms with Crippen LogP contribution in [-0.4, -0.2) is 79.1 Å². The maximum Gasteiger partial charge on any atom is 0.408 e. The molecule has 5 N–H and O–H groups in total. The van der Waals surface area contributed by atoms with Crippen LogP contribution in [0.1, 0.15) is 142 Å². The largest absolute Gasteiger partial charge is 0.444 e. The zero-order valence-corrected chi connectivity index (χ0v) is 45.0. The van der Waals surface area contributed by atoms with Gasteiger partial charge in [-0.1, -0.05) is 116 Å². The van der Waals surface area contributed by atoms with E-state index < -0.39 is 5.60 Å². The van der Waals surface area contributed by atoms with Crippen molar-refractivity contribution in [2.24, 2.45) is 5.73 Å². The molecule has 10 heteroatoms. The summed E-state index contributed by atoms with van der Waals surface area (Å²) in [7, 11) is 3.82. The van der Waals surface area contributed by atoms with Crippen molar-refractivity contribution in [3.05, 3.63) is 137 Å². The predicted molar refractivity (Wildman–Crippen MR) is 295 cm³/mol. The van der Waals surface area contributed by atoms with Crippen LogP contribution in [0.15, 0.2) is 115 Å². The molecule has 4 rings (SSSR count). The fraction of sp³-hybridized carbons (Fsp3) is 0.475. The molecule has 0 spiro atoms. The number of nitrogens with two attached hydrogens (primary N) is 1. The summed E-state index contributed by atoms with van der Waals surface area (Å²) in [4.78, 5) is 39.4. The number of aryl methyl sites for hydroxylation is 2. The van der Waals surface area contributed by atoms with Crippen LogP contribution < -0.4 is 21.7 Å². The number of hydrogen-bond acceptors (Lipinski definition) is 7. The molecule has 1 fully saturated rings. The Morgan fingerprint density at radius 1 is 1.06 bits per heavy atom. The Morgan fingerprint density at radius 2 is 1.68 bits per heavy atom. The number of amides is 3. The topological polar surface area (TPSA) is 129 Å². The van der Waals surface area contributed by atoms with Gasteiger partial charge in [-0.2, -0.15) is 0 Å². The highest BCUT2D eigenvalue weighted by molar-refractivity contribution is 5.82. The van der Waals surface area contributed by atoms with Crippen molar-refractivity contribution in [1.82, 2.24) is 25.8 Å². The molecule has 2 aliphatic heterocycles. The van der Waals surface area contributed by atoms with Gasteiger partial charge >= 0.3 is 6.09 Å². The lowest BCUT2D eigenvalue weighted by atomic mass is 10.00. The molecule has 2 aromatic rings. The number of nitrogens with one attached hydrogen (secondary N) is 3. The van der Waals surface area contributed by atoms with Crippen LogP contribution in [0.4, 0.5) is 4.79 Å². The van der Waals surface area contributed by atoms with Crippen molar-refractivity contribution in [2.75, 3.05) is 33.7 Å². The SMILES string of the molecule is C#CC.C#CC/C=C(\C=C/C)CC(=O)N(C)CCC(N)/C=C\CC1=C(c2cccc(C)c2)CCN1.C/C=C/NC(=O)[C@@H]1CCCN1C.C=CC.CC.Cc1cccc([C@H](C)NC(=O)OC(C)(C)C)c1. The summed E-state index contributed by atoms with van der Waals surface area (Å²) >= 11 is 0. The molecule has 1 unspecified atom stereocenters. The van der Waals surface area contributed by atoms with Crippen molar-refractivity contribution in [3.8, 4) is 24.7 Å². The minimum atomic E-state index is -0.462. The van der Waals surface area contributed by atoms with E-state index in [1.807, 2.05) is 126 Å². The van der Waals surface area contributed by atoms with E-state index >= 15 is 0 Å². The van der Waals surface area contributed by atoms with Gasteiger partial charge in [0.2, 0.25) is 11.8 Å². The lowest BCUT2D eigenvalue weighted by Gasteiger charge is -2.22. The quantitative estimate of drug-likeness (QED) is 0.0795. The second-order valence-electron chi connectivity index (χ2n) is 17.4. The third-order valence-corrected chi connectivity index (χ3v) is 10.1. The average Bonchev–Trinajstić information content (AvgIpc) is 3.96. The van der Waals surface area contributed by atoms with Crippen LogP contribution in [0.5, 0.6) is 0 Å². The van der Waals surface area contributed by atoms with Gasteiger partial charge in [0.25, 0.3) is 0 Å². The number of rotatable bonds is 15. The van der Waals surface area contributed by atoms with E-state index in [-0.39, 0.29) is 36.0 Å². The third-order valence-electron chi connectivity index (χ3n) is 10.1. The molecule has 2 heterocycles. The second-order valence-corrected chi connectivity index (χ2v) is 17.4.